The molecule has 6 N–H and O–H groups in total. The number of aromatic nitrogens is 2. The van der Waals surface area contributed by atoms with Crippen molar-refractivity contribution in [3.05, 3.63) is 89.1 Å². The Bertz CT molecular complexity index is 1590. The summed E-state index contributed by atoms with van der Waals surface area (Å²) in [6.45, 7) is 2.61. The first-order valence-corrected chi connectivity index (χ1v) is 12.6. The van der Waals surface area contributed by atoms with Gasteiger partial charge in [-0.2, -0.15) is 5.10 Å². The SMILES string of the molecule is CCCN(OCc1ccc(N)cc1)C(=O)C1=Cc2ccc(C(=O)Nc3ccc4cn[nH]c4c3)cc2N=C(N)C1. The highest BCUT2D eigenvalue weighted by Crippen LogP contribution is 2.29. The number of nitrogens with two attached hydrogens (primary N) is 2. The minimum absolute atomic E-state index is 0.157. The summed E-state index contributed by atoms with van der Waals surface area (Å²) in [4.78, 5) is 36.8. The third-order valence-electron chi connectivity index (χ3n) is 6.25. The van der Waals surface area contributed by atoms with Crippen molar-refractivity contribution in [2.24, 2.45) is 10.7 Å². The number of anilines is 2. The van der Waals surface area contributed by atoms with Crippen molar-refractivity contribution in [3.8, 4) is 0 Å². The molecule has 0 aliphatic carbocycles. The fourth-order valence-electron chi connectivity index (χ4n) is 4.24. The number of nitrogens with zero attached hydrogens (tertiary/aromatic N) is 3. The quantitative estimate of drug-likeness (QED) is 0.196. The Morgan fingerprint density at radius 1 is 1.08 bits per heavy atom. The highest BCUT2D eigenvalue weighted by Gasteiger charge is 2.23. The van der Waals surface area contributed by atoms with E-state index in [1.54, 1.807) is 42.6 Å². The van der Waals surface area contributed by atoms with Crippen molar-refractivity contribution >= 4 is 51.7 Å². The van der Waals surface area contributed by atoms with Gasteiger partial charge in [0.2, 0.25) is 0 Å². The van der Waals surface area contributed by atoms with Gasteiger partial charge in [-0.25, -0.2) is 10.1 Å². The third-order valence-corrected chi connectivity index (χ3v) is 6.25. The predicted octanol–water partition coefficient (Wildman–Crippen LogP) is 4.54. The topological polar surface area (TPSA) is 152 Å². The van der Waals surface area contributed by atoms with E-state index in [9.17, 15) is 9.59 Å². The largest absolute Gasteiger partial charge is 0.399 e. The van der Waals surface area contributed by atoms with Crippen LogP contribution in [0.15, 0.2) is 77.4 Å². The number of rotatable bonds is 8. The standard InChI is InChI=1S/C29H29N7O3/c1-2-11-36(39-17-18-3-8-23(30)9-4-18)29(38)22-12-19-5-6-20(13-25(19)34-27(31)14-22)28(37)33-24-10-7-21-16-32-35-26(21)15-24/h3-10,12-13,15-16H,2,11,14,17,30H2,1H3,(H2,31,34)(H,32,35)(H,33,37). The summed E-state index contributed by atoms with van der Waals surface area (Å²) >= 11 is 0. The summed E-state index contributed by atoms with van der Waals surface area (Å²) in [6, 6.07) is 17.9. The molecule has 0 atom stereocenters. The summed E-state index contributed by atoms with van der Waals surface area (Å²) in [7, 11) is 0. The van der Waals surface area contributed by atoms with Gasteiger partial charge in [0.15, 0.2) is 0 Å². The van der Waals surface area contributed by atoms with E-state index in [1.807, 2.05) is 37.3 Å². The van der Waals surface area contributed by atoms with E-state index in [0.29, 0.717) is 46.7 Å². The Hall–Kier alpha value is -4.96. The molecule has 0 unspecified atom stereocenters. The minimum Gasteiger partial charge on any atom is -0.399 e. The monoisotopic (exact) mass is 523 g/mol. The van der Waals surface area contributed by atoms with E-state index in [0.717, 1.165) is 16.5 Å². The fourth-order valence-corrected chi connectivity index (χ4v) is 4.24. The number of benzene rings is 3. The third kappa shape index (κ3) is 5.97. The molecule has 39 heavy (non-hydrogen) atoms. The normalized spacial score (nSPS) is 12.7. The molecule has 10 nitrogen and oxygen atoms in total. The lowest BCUT2D eigenvalue weighted by Crippen LogP contribution is -2.34. The van der Waals surface area contributed by atoms with Gasteiger partial charge < -0.3 is 16.8 Å². The minimum atomic E-state index is -0.292. The molecule has 10 heteroatoms. The van der Waals surface area contributed by atoms with Crippen molar-refractivity contribution in [1.82, 2.24) is 15.3 Å². The van der Waals surface area contributed by atoms with Crippen LogP contribution in [0.5, 0.6) is 0 Å². The lowest BCUT2D eigenvalue weighted by atomic mass is 10.0. The summed E-state index contributed by atoms with van der Waals surface area (Å²) in [5.41, 5.74) is 17.0. The first-order chi connectivity index (χ1) is 18.9. The van der Waals surface area contributed by atoms with Gasteiger partial charge in [0.25, 0.3) is 11.8 Å². The zero-order chi connectivity index (χ0) is 27.4. The number of aliphatic imine (C=N–C) groups is 1. The Morgan fingerprint density at radius 3 is 2.69 bits per heavy atom. The fraction of sp³-hybridized carbons (Fsp3) is 0.172. The summed E-state index contributed by atoms with van der Waals surface area (Å²) in [5, 5.41) is 12.1. The number of hydrogen-bond donors (Lipinski definition) is 4. The van der Waals surface area contributed by atoms with Gasteiger partial charge in [0.05, 0.1) is 17.4 Å². The average Bonchev–Trinajstić information content (AvgIpc) is 3.32. The number of nitrogen functional groups attached to an aromatic ring is 1. The summed E-state index contributed by atoms with van der Waals surface area (Å²) in [6.07, 6.45) is 4.34. The molecular formula is C29H29N7O3. The number of hydroxylamine groups is 2. The van der Waals surface area contributed by atoms with E-state index in [4.69, 9.17) is 16.3 Å². The van der Waals surface area contributed by atoms with Crippen LogP contribution in [0.1, 0.15) is 41.3 Å². The van der Waals surface area contributed by atoms with Gasteiger partial charge in [-0.1, -0.05) is 25.1 Å². The van der Waals surface area contributed by atoms with E-state index in [2.05, 4.69) is 20.5 Å². The Kier molecular flexibility index (Phi) is 7.37. The molecule has 2 heterocycles. The van der Waals surface area contributed by atoms with Crippen molar-refractivity contribution in [3.63, 3.8) is 0 Å². The molecule has 3 aromatic carbocycles. The maximum absolute atomic E-state index is 13.5. The molecule has 5 rings (SSSR count). The molecule has 2 amide bonds. The second kappa shape index (κ2) is 11.2. The van der Waals surface area contributed by atoms with Crippen molar-refractivity contribution in [2.45, 2.75) is 26.4 Å². The number of aromatic amines is 1. The highest BCUT2D eigenvalue weighted by atomic mass is 16.7. The van der Waals surface area contributed by atoms with Crippen LogP contribution < -0.4 is 16.8 Å². The Morgan fingerprint density at radius 2 is 1.90 bits per heavy atom. The number of amides is 2. The molecule has 0 fully saturated rings. The van der Waals surface area contributed by atoms with Gasteiger partial charge in [0.1, 0.15) is 12.4 Å². The maximum atomic E-state index is 13.5. The smallest absolute Gasteiger partial charge is 0.273 e. The molecule has 0 saturated heterocycles. The molecule has 0 radical (unpaired) electrons. The summed E-state index contributed by atoms with van der Waals surface area (Å²) < 4.78 is 0. The van der Waals surface area contributed by atoms with Crippen molar-refractivity contribution < 1.29 is 14.4 Å². The number of amidine groups is 1. The molecule has 0 bridgehead atoms. The second-order valence-corrected chi connectivity index (χ2v) is 9.27. The molecule has 0 spiro atoms. The van der Waals surface area contributed by atoms with Gasteiger partial charge in [-0.15, -0.1) is 0 Å². The van der Waals surface area contributed by atoms with Crippen molar-refractivity contribution in [2.75, 3.05) is 17.6 Å². The first-order valence-electron chi connectivity index (χ1n) is 12.6. The summed E-state index contributed by atoms with van der Waals surface area (Å²) in [5.74, 6) is -0.306. The molecule has 1 aliphatic heterocycles. The van der Waals surface area contributed by atoms with Gasteiger partial charge in [-0.05, 0) is 60.5 Å². The van der Waals surface area contributed by atoms with Gasteiger partial charge in [0, 0.05) is 46.4 Å². The van der Waals surface area contributed by atoms with E-state index in [-0.39, 0.29) is 30.7 Å². The van der Waals surface area contributed by atoms with Crippen LogP contribution in [0.25, 0.3) is 17.0 Å². The van der Waals surface area contributed by atoms with Crippen LogP contribution in [0.4, 0.5) is 17.1 Å². The number of carbonyl (C=O) groups excluding carboxylic acids is 2. The molecule has 0 saturated carbocycles. The number of fused-ring (bicyclic) bond motifs is 2. The number of nitrogens with one attached hydrogen (secondary N) is 2. The van der Waals surface area contributed by atoms with Crippen LogP contribution >= 0.6 is 0 Å². The van der Waals surface area contributed by atoms with E-state index >= 15 is 0 Å². The van der Waals surface area contributed by atoms with Crippen LogP contribution in [-0.4, -0.2) is 39.5 Å². The Balaban J connectivity index is 1.34. The molecular weight excluding hydrogens is 494 g/mol. The zero-order valence-corrected chi connectivity index (χ0v) is 21.5. The molecule has 1 aromatic heterocycles. The van der Waals surface area contributed by atoms with Crippen LogP contribution in [0, 0.1) is 0 Å². The Labute approximate surface area is 225 Å². The first kappa shape index (κ1) is 25.7. The molecule has 198 valence electrons. The number of hydrogen-bond acceptors (Lipinski definition) is 7. The lowest BCUT2D eigenvalue weighted by Gasteiger charge is -2.22. The van der Waals surface area contributed by atoms with Gasteiger partial charge in [-0.3, -0.25) is 19.5 Å². The predicted molar refractivity (Wildman–Crippen MR) is 152 cm³/mol. The highest BCUT2D eigenvalue weighted by molar-refractivity contribution is 6.08. The lowest BCUT2D eigenvalue weighted by molar-refractivity contribution is -0.187. The van der Waals surface area contributed by atoms with Crippen LogP contribution in [0.2, 0.25) is 0 Å². The maximum Gasteiger partial charge on any atom is 0.273 e. The zero-order valence-electron chi connectivity index (χ0n) is 21.5. The van der Waals surface area contributed by atoms with E-state index < -0.39 is 0 Å². The van der Waals surface area contributed by atoms with Crippen LogP contribution in [-0.2, 0) is 16.2 Å². The second-order valence-electron chi connectivity index (χ2n) is 9.27. The van der Waals surface area contributed by atoms with Gasteiger partial charge >= 0.3 is 0 Å². The average molecular weight is 524 g/mol. The van der Waals surface area contributed by atoms with Crippen LogP contribution in [0.3, 0.4) is 0 Å². The molecule has 1 aliphatic rings. The van der Waals surface area contributed by atoms with Crippen molar-refractivity contribution in [1.29, 1.82) is 0 Å². The molecule has 4 aromatic rings. The number of carbonyl (C=O) groups is 2. The van der Waals surface area contributed by atoms with E-state index in [1.165, 1.54) is 5.06 Å². The number of H-pyrrole nitrogens is 1.